The van der Waals surface area contributed by atoms with Gasteiger partial charge in [-0.05, 0) is 92.0 Å². The van der Waals surface area contributed by atoms with Crippen molar-refractivity contribution in [1.82, 2.24) is 4.90 Å². The third kappa shape index (κ3) is 6.92. The number of fused-ring (bicyclic) bond motifs is 1. The molecule has 0 aromatic heterocycles. The molecule has 0 atom stereocenters. The molecule has 1 aliphatic carbocycles. The first-order chi connectivity index (χ1) is 14.6. The molecule has 0 aliphatic heterocycles. The Morgan fingerprint density at radius 1 is 1.10 bits per heavy atom. The van der Waals surface area contributed by atoms with Gasteiger partial charge in [0.1, 0.15) is 0 Å². The standard InChI is InChI=1S/C24H32N2S.CH2O2/c1-4-26(5-2)18-10-13-21-12-7-9-15-24(21)27-25-23-17-16-20-11-6-8-14-22(20)19(23)3;2-1-3/h7,9-10,12-13,15-17,25H,4-6,8,11,14,18H2,1-3H3;1H,(H,2,3)/b13-10-;. The summed E-state index contributed by atoms with van der Waals surface area (Å²) in [6, 6.07) is 13.2. The van der Waals surface area contributed by atoms with Crippen LogP contribution in [-0.2, 0) is 17.6 Å². The van der Waals surface area contributed by atoms with Crippen LogP contribution in [0.3, 0.4) is 0 Å². The fraction of sp³-hybridized carbons (Fsp3) is 0.400. The number of rotatable bonds is 8. The third-order valence-corrected chi connectivity index (χ3v) is 6.48. The lowest BCUT2D eigenvalue weighted by Crippen LogP contribution is -2.22. The van der Waals surface area contributed by atoms with E-state index in [1.807, 2.05) is 0 Å². The van der Waals surface area contributed by atoms with E-state index in [2.05, 4.69) is 78.9 Å². The van der Waals surface area contributed by atoms with E-state index in [9.17, 15) is 0 Å². The molecule has 30 heavy (non-hydrogen) atoms. The Kier molecular flexibility index (Phi) is 10.5. The van der Waals surface area contributed by atoms with Gasteiger partial charge in [-0.25, -0.2) is 0 Å². The van der Waals surface area contributed by atoms with Crippen molar-refractivity contribution in [1.29, 1.82) is 0 Å². The molecule has 0 radical (unpaired) electrons. The number of anilines is 1. The molecule has 4 nitrogen and oxygen atoms in total. The summed E-state index contributed by atoms with van der Waals surface area (Å²) in [5, 5.41) is 6.89. The first kappa shape index (κ1) is 24.0. The maximum atomic E-state index is 8.36. The van der Waals surface area contributed by atoms with E-state index in [4.69, 9.17) is 9.90 Å². The summed E-state index contributed by atoms with van der Waals surface area (Å²) in [5.41, 5.74) is 7.07. The van der Waals surface area contributed by atoms with Crippen molar-refractivity contribution in [2.24, 2.45) is 0 Å². The van der Waals surface area contributed by atoms with E-state index in [1.165, 1.54) is 47.4 Å². The number of carboxylic acid groups (broad SMARTS) is 1. The molecule has 2 N–H and O–H groups in total. The van der Waals surface area contributed by atoms with Crippen LogP contribution in [0.2, 0.25) is 0 Å². The number of hydrogen-bond donors (Lipinski definition) is 2. The van der Waals surface area contributed by atoms with Gasteiger partial charge in [-0.2, -0.15) is 0 Å². The molecule has 0 amide bonds. The summed E-state index contributed by atoms with van der Waals surface area (Å²) in [4.78, 5) is 12.0. The van der Waals surface area contributed by atoms with E-state index < -0.39 is 0 Å². The van der Waals surface area contributed by atoms with Crippen molar-refractivity contribution in [2.45, 2.75) is 51.3 Å². The summed E-state index contributed by atoms with van der Waals surface area (Å²) in [7, 11) is 0. The second-order valence-electron chi connectivity index (χ2n) is 7.32. The second kappa shape index (κ2) is 13.1. The van der Waals surface area contributed by atoms with Crippen LogP contribution in [0.15, 0.2) is 47.4 Å². The van der Waals surface area contributed by atoms with Gasteiger partial charge in [0, 0.05) is 17.1 Å². The van der Waals surface area contributed by atoms with Crippen LogP contribution >= 0.6 is 11.9 Å². The quantitative estimate of drug-likeness (QED) is 0.397. The number of nitrogens with one attached hydrogen (secondary N) is 1. The largest absolute Gasteiger partial charge is 0.483 e. The SMILES string of the molecule is CCN(CC)C/C=C\c1ccccc1SNc1ccc2c(c1C)CCCC2.O=CO. The lowest BCUT2D eigenvalue weighted by Gasteiger charge is -2.21. The molecule has 5 heteroatoms. The molecule has 0 unspecified atom stereocenters. The van der Waals surface area contributed by atoms with E-state index >= 15 is 0 Å². The summed E-state index contributed by atoms with van der Waals surface area (Å²) in [5.74, 6) is 0. The van der Waals surface area contributed by atoms with E-state index in [0.717, 1.165) is 19.6 Å². The van der Waals surface area contributed by atoms with Crippen LogP contribution in [-0.4, -0.2) is 36.1 Å². The highest BCUT2D eigenvalue weighted by Crippen LogP contribution is 2.32. The van der Waals surface area contributed by atoms with Crippen LogP contribution < -0.4 is 4.72 Å². The second-order valence-corrected chi connectivity index (χ2v) is 8.17. The number of nitrogens with zero attached hydrogens (tertiary/aromatic N) is 1. The number of hydrogen-bond acceptors (Lipinski definition) is 4. The highest BCUT2D eigenvalue weighted by atomic mass is 32.2. The molecule has 0 bridgehead atoms. The van der Waals surface area contributed by atoms with Gasteiger partial charge in [0.15, 0.2) is 0 Å². The van der Waals surface area contributed by atoms with Gasteiger partial charge >= 0.3 is 0 Å². The zero-order valence-corrected chi connectivity index (χ0v) is 19.2. The number of likely N-dealkylation sites (N-methyl/N-ethyl adjacent to an activating group) is 1. The van der Waals surface area contributed by atoms with Gasteiger partial charge in [0.2, 0.25) is 0 Å². The predicted octanol–water partition coefficient (Wildman–Crippen LogP) is 6.05. The van der Waals surface area contributed by atoms with Crippen molar-refractivity contribution in [3.05, 3.63) is 64.7 Å². The molecule has 162 valence electrons. The lowest BCUT2D eigenvalue weighted by molar-refractivity contribution is -0.122. The van der Waals surface area contributed by atoms with Crippen LogP contribution in [0.4, 0.5) is 5.69 Å². The number of aryl methyl sites for hydroxylation is 1. The fourth-order valence-electron chi connectivity index (χ4n) is 3.75. The number of benzene rings is 2. The first-order valence-electron chi connectivity index (χ1n) is 10.7. The van der Waals surface area contributed by atoms with Gasteiger partial charge in [-0.15, -0.1) is 0 Å². The molecule has 0 heterocycles. The van der Waals surface area contributed by atoms with Crippen molar-refractivity contribution in [3.63, 3.8) is 0 Å². The van der Waals surface area contributed by atoms with Crippen LogP contribution in [0.5, 0.6) is 0 Å². The lowest BCUT2D eigenvalue weighted by atomic mass is 9.88. The third-order valence-electron chi connectivity index (χ3n) is 5.56. The Morgan fingerprint density at radius 3 is 2.53 bits per heavy atom. The van der Waals surface area contributed by atoms with E-state index in [-0.39, 0.29) is 6.47 Å². The molecule has 0 saturated heterocycles. The normalized spacial score (nSPS) is 12.9. The number of carbonyl (C=O) groups is 1. The van der Waals surface area contributed by atoms with Crippen LogP contribution in [0.25, 0.3) is 6.08 Å². The fourth-order valence-corrected chi connectivity index (χ4v) is 4.60. The van der Waals surface area contributed by atoms with Crippen molar-refractivity contribution < 1.29 is 9.90 Å². The Bertz CT molecular complexity index is 832. The minimum Gasteiger partial charge on any atom is -0.483 e. The average molecular weight is 427 g/mol. The highest BCUT2D eigenvalue weighted by molar-refractivity contribution is 8.00. The zero-order valence-electron chi connectivity index (χ0n) is 18.4. The molecule has 0 saturated carbocycles. The van der Waals surface area contributed by atoms with Crippen molar-refractivity contribution in [3.8, 4) is 0 Å². The Morgan fingerprint density at radius 2 is 1.80 bits per heavy atom. The molecule has 3 rings (SSSR count). The van der Waals surface area contributed by atoms with E-state index in [1.54, 1.807) is 23.1 Å². The van der Waals surface area contributed by atoms with Crippen molar-refractivity contribution in [2.75, 3.05) is 24.4 Å². The summed E-state index contributed by atoms with van der Waals surface area (Å²) < 4.78 is 3.61. The maximum absolute atomic E-state index is 8.36. The Balaban J connectivity index is 0.00000101. The zero-order chi connectivity index (χ0) is 21.8. The van der Waals surface area contributed by atoms with Gasteiger partial charge < -0.3 is 14.7 Å². The van der Waals surface area contributed by atoms with Gasteiger partial charge in [0.25, 0.3) is 6.47 Å². The summed E-state index contributed by atoms with van der Waals surface area (Å²) in [6.45, 7) is 9.64. The monoisotopic (exact) mass is 426 g/mol. The Labute approximate surface area is 185 Å². The van der Waals surface area contributed by atoms with Crippen LogP contribution in [0, 0.1) is 6.92 Å². The summed E-state index contributed by atoms with van der Waals surface area (Å²) in [6.07, 6.45) is 9.65. The molecule has 1 aliphatic rings. The van der Waals surface area contributed by atoms with Gasteiger partial charge in [-0.3, -0.25) is 4.79 Å². The molecular weight excluding hydrogens is 392 g/mol. The van der Waals surface area contributed by atoms with Crippen LogP contribution in [0.1, 0.15) is 48.9 Å². The highest BCUT2D eigenvalue weighted by Gasteiger charge is 2.14. The predicted molar refractivity (Wildman–Crippen MR) is 129 cm³/mol. The molecule has 2 aromatic carbocycles. The van der Waals surface area contributed by atoms with Crippen molar-refractivity contribution >= 4 is 30.2 Å². The molecule has 0 fully saturated rings. The molecular formula is C25H34N2O2S. The maximum Gasteiger partial charge on any atom is 0.290 e. The van der Waals surface area contributed by atoms with Gasteiger partial charge in [0.05, 0.1) is 0 Å². The molecule has 0 spiro atoms. The average Bonchev–Trinajstić information content (AvgIpc) is 2.78. The summed E-state index contributed by atoms with van der Waals surface area (Å²) >= 11 is 1.72. The Hall–Kier alpha value is -2.24. The molecule has 2 aromatic rings. The van der Waals surface area contributed by atoms with Gasteiger partial charge in [-0.1, -0.05) is 50.3 Å². The first-order valence-corrected chi connectivity index (χ1v) is 11.6. The topological polar surface area (TPSA) is 52.6 Å². The minimum atomic E-state index is -0.250. The van der Waals surface area contributed by atoms with E-state index in [0.29, 0.717) is 0 Å². The smallest absolute Gasteiger partial charge is 0.290 e. The minimum absolute atomic E-state index is 0.250.